The van der Waals surface area contributed by atoms with Gasteiger partial charge >= 0.3 is 5.97 Å². The number of amides is 1. The van der Waals surface area contributed by atoms with Crippen LogP contribution in [-0.2, 0) is 19.1 Å². The van der Waals surface area contributed by atoms with E-state index >= 15 is 0 Å². The number of nitrogens with one attached hydrogen (secondary N) is 1. The van der Waals surface area contributed by atoms with E-state index in [0.717, 1.165) is 19.3 Å². The zero-order valence-corrected chi connectivity index (χ0v) is 10.3. The molecule has 0 aromatic heterocycles. The van der Waals surface area contributed by atoms with Crippen LogP contribution in [0.15, 0.2) is 11.8 Å². The predicted molar refractivity (Wildman–Crippen MR) is 62.1 cm³/mol. The van der Waals surface area contributed by atoms with Crippen LogP contribution in [0.4, 0.5) is 0 Å². The quantitative estimate of drug-likeness (QED) is 0.733. The molecule has 0 fully saturated rings. The Labute approximate surface area is 101 Å². The fourth-order valence-electron chi connectivity index (χ4n) is 1.63. The third-order valence-electron chi connectivity index (χ3n) is 2.53. The van der Waals surface area contributed by atoms with Crippen molar-refractivity contribution in [1.82, 2.24) is 5.32 Å². The Morgan fingerprint density at radius 1 is 1.59 bits per heavy atom. The van der Waals surface area contributed by atoms with E-state index in [9.17, 15) is 9.59 Å². The van der Waals surface area contributed by atoms with E-state index in [0.29, 0.717) is 18.8 Å². The summed E-state index contributed by atoms with van der Waals surface area (Å²) in [4.78, 5) is 23.2. The molecule has 1 rings (SSSR count). The van der Waals surface area contributed by atoms with Crippen LogP contribution < -0.4 is 5.32 Å². The first kappa shape index (κ1) is 13.5. The lowest BCUT2D eigenvalue weighted by atomic mass is 10.1. The molecular formula is C12H19NO4. The smallest absolute Gasteiger partial charge is 0.328 e. The van der Waals surface area contributed by atoms with Gasteiger partial charge in [0.25, 0.3) is 5.91 Å². The first-order valence-corrected chi connectivity index (χ1v) is 5.90. The number of methoxy groups -OCH3 is 1. The van der Waals surface area contributed by atoms with Crippen molar-refractivity contribution in [1.29, 1.82) is 0 Å². The Balaban J connectivity index is 2.56. The molecule has 17 heavy (non-hydrogen) atoms. The number of carbonyl (C=O) groups excluding carboxylic acids is 2. The average Bonchev–Trinajstić information content (AvgIpc) is 2.38. The summed E-state index contributed by atoms with van der Waals surface area (Å²) >= 11 is 0. The summed E-state index contributed by atoms with van der Waals surface area (Å²) in [6, 6.07) is -0.594. The fourth-order valence-corrected chi connectivity index (χ4v) is 1.63. The van der Waals surface area contributed by atoms with Gasteiger partial charge < -0.3 is 14.8 Å². The van der Waals surface area contributed by atoms with Gasteiger partial charge in [0.1, 0.15) is 6.04 Å². The summed E-state index contributed by atoms with van der Waals surface area (Å²) in [6.07, 6.45) is 4.86. The summed E-state index contributed by atoms with van der Waals surface area (Å²) in [5.74, 6) is -0.452. The van der Waals surface area contributed by atoms with Crippen molar-refractivity contribution in [2.45, 2.75) is 38.6 Å². The predicted octanol–water partition coefficient (Wildman–Crippen LogP) is 1.14. The Hall–Kier alpha value is -1.52. The zero-order chi connectivity index (χ0) is 12.7. The fraction of sp³-hybridized carbons (Fsp3) is 0.667. The topological polar surface area (TPSA) is 64.6 Å². The maximum absolute atomic E-state index is 11.8. The van der Waals surface area contributed by atoms with Gasteiger partial charge in [0.05, 0.1) is 13.7 Å². The third kappa shape index (κ3) is 4.09. The van der Waals surface area contributed by atoms with Crippen LogP contribution in [0.1, 0.15) is 32.6 Å². The molecule has 0 aliphatic carbocycles. The van der Waals surface area contributed by atoms with Crippen LogP contribution in [0.2, 0.25) is 0 Å². The lowest BCUT2D eigenvalue weighted by Crippen LogP contribution is -2.42. The van der Waals surface area contributed by atoms with Gasteiger partial charge in [0.15, 0.2) is 5.76 Å². The zero-order valence-electron chi connectivity index (χ0n) is 10.3. The maximum atomic E-state index is 11.8. The van der Waals surface area contributed by atoms with Crippen LogP contribution in [0.3, 0.4) is 0 Å². The van der Waals surface area contributed by atoms with Gasteiger partial charge in [-0.15, -0.1) is 0 Å². The van der Waals surface area contributed by atoms with Crippen molar-refractivity contribution in [3.8, 4) is 0 Å². The molecule has 1 atom stereocenters. The number of rotatable bonds is 5. The van der Waals surface area contributed by atoms with Crippen LogP contribution in [0.25, 0.3) is 0 Å². The summed E-state index contributed by atoms with van der Waals surface area (Å²) in [6.45, 7) is 2.49. The molecule has 1 heterocycles. The average molecular weight is 241 g/mol. The molecule has 1 amide bonds. The van der Waals surface area contributed by atoms with Gasteiger partial charge in [-0.25, -0.2) is 4.79 Å². The summed E-state index contributed by atoms with van der Waals surface area (Å²) in [7, 11) is 1.31. The molecule has 1 aliphatic rings. The van der Waals surface area contributed by atoms with E-state index in [1.54, 1.807) is 6.08 Å². The second-order valence-corrected chi connectivity index (χ2v) is 3.90. The first-order valence-electron chi connectivity index (χ1n) is 5.90. The highest BCUT2D eigenvalue weighted by atomic mass is 16.5. The van der Waals surface area contributed by atoms with E-state index in [2.05, 4.69) is 10.1 Å². The van der Waals surface area contributed by atoms with E-state index < -0.39 is 12.0 Å². The molecule has 0 unspecified atom stereocenters. The number of carbonyl (C=O) groups is 2. The molecule has 0 radical (unpaired) electrons. The van der Waals surface area contributed by atoms with Gasteiger partial charge in [-0.05, 0) is 25.3 Å². The van der Waals surface area contributed by atoms with Gasteiger partial charge in [-0.1, -0.05) is 13.3 Å². The van der Waals surface area contributed by atoms with Crippen LogP contribution in [0.5, 0.6) is 0 Å². The van der Waals surface area contributed by atoms with Gasteiger partial charge in [-0.2, -0.15) is 0 Å². The molecule has 1 aliphatic heterocycles. The van der Waals surface area contributed by atoms with Crippen molar-refractivity contribution in [3.63, 3.8) is 0 Å². The standard InChI is InChI=1S/C12H19NO4/c1-3-6-9(12(15)16-2)13-11(14)10-7-4-5-8-17-10/h7,9H,3-6,8H2,1-2H3,(H,13,14)/t9-/m1/s1. The largest absolute Gasteiger partial charge is 0.488 e. The molecule has 0 aromatic rings. The van der Waals surface area contributed by atoms with Crippen molar-refractivity contribution in [3.05, 3.63) is 11.8 Å². The molecule has 0 bridgehead atoms. The second kappa shape index (κ2) is 6.93. The summed E-state index contributed by atoms with van der Waals surface area (Å²) < 4.78 is 9.87. The van der Waals surface area contributed by atoms with Crippen LogP contribution in [-0.4, -0.2) is 31.6 Å². The highest BCUT2D eigenvalue weighted by Gasteiger charge is 2.23. The van der Waals surface area contributed by atoms with E-state index in [4.69, 9.17) is 4.74 Å². The highest BCUT2D eigenvalue weighted by molar-refractivity contribution is 5.94. The molecule has 96 valence electrons. The van der Waals surface area contributed by atoms with E-state index in [1.807, 2.05) is 6.92 Å². The molecule has 0 spiro atoms. The van der Waals surface area contributed by atoms with Crippen LogP contribution >= 0.6 is 0 Å². The maximum Gasteiger partial charge on any atom is 0.328 e. The first-order chi connectivity index (χ1) is 8.19. The minimum atomic E-state index is -0.594. The number of hydrogen-bond donors (Lipinski definition) is 1. The molecule has 5 nitrogen and oxygen atoms in total. The lowest BCUT2D eigenvalue weighted by molar-refractivity contribution is -0.145. The van der Waals surface area contributed by atoms with Crippen molar-refractivity contribution >= 4 is 11.9 Å². The SMILES string of the molecule is CCC[C@@H](NC(=O)C1=CCCCO1)C(=O)OC. The third-order valence-corrected chi connectivity index (χ3v) is 2.53. The monoisotopic (exact) mass is 241 g/mol. The molecule has 0 aromatic carbocycles. The van der Waals surface area contributed by atoms with Crippen molar-refractivity contribution in [2.75, 3.05) is 13.7 Å². The molecule has 5 heteroatoms. The number of esters is 1. The van der Waals surface area contributed by atoms with Gasteiger partial charge in [0, 0.05) is 0 Å². The lowest BCUT2D eigenvalue weighted by Gasteiger charge is -2.18. The Morgan fingerprint density at radius 2 is 2.35 bits per heavy atom. The molecule has 0 saturated heterocycles. The molecular weight excluding hydrogens is 222 g/mol. The minimum Gasteiger partial charge on any atom is -0.488 e. The van der Waals surface area contributed by atoms with Gasteiger partial charge in [0.2, 0.25) is 0 Å². The Kier molecular flexibility index (Phi) is 5.52. The van der Waals surface area contributed by atoms with E-state index in [-0.39, 0.29) is 5.91 Å². The second-order valence-electron chi connectivity index (χ2n) is 3.90. The number of hydrogen-bond acceptors (Lipinski definition) is 4. The number of allylic oxidation sites excluding steroid dienone is 1. The minimum absolute atomic E-state index is 0.307. The molecule has 0 saturated carbocycles. The van der Waals surface area contributed by atoms with E-state index in [1.165, 1.54) is 7.11 Å². The van der Waals surface area contributed by atoms with Crippen molar-refractivity contribution < 1.29 is 19.1 Å². The normalized spacial score (nSPS) is 16.5. The van der Waals surface area contributed by atoms with Crippen molar-refractivity contribution in [2.24, 2.45) is 0 Å². The van der Waals surface area contributed by atoms with Gasteiger partial charge in [-0.3, -0.25) is 4.79 Å². The molecule has 1 N–H and O–H groups in total. The summed E-state index contributed by atoms with van der Waals surface area (Å²) in [5.41, 5.74) is 0. The summed E-state index contributed by atoms with van der Waals surface area (Å²) in [5, 5.41) is 2.63. The Morgan fingerprint density at radius 3 is 2.88 bits per heavy atom. The van der Waals surface area contributed by atoms with Crippen LogP contribution in [0, 0.1) is 0 Å². The Bertz CT molecular complexity index is 312. The highest BCUT2D eigenvalue weighted by Crippen LogP contribution is 2.10. The number of ether oxygens (including phenoxy) is 2.